The first kappa shape index (κ1) is 21.0. The van der Waals surface area contributed by atoms with Crippen LogP contribution >= 0.6 is 0 Å². The number of aromatic amines is 1. The number of carbonyl (C=O) groups excluding carboxylic acids is 1. The average molecular weight is 442 g/mol. The number of nitrogens with zero attached hydrogens (tertiary/aromatic N) is 2. The Balaban J connectivity index is 1.26. The third-order valence-electron chi connectivity index (χ3n) is 5.87. The third kappa shape index (κ3) is 4.99. The van der Waals surface area contributed by atoms with Crippen LogP contribution in [-0.4, -0.2) is 33.0 Å². The summed E-state index contributed by atoms with van der Waals surface area (Å²) in [5.41, 5.74) is 3.04. The normalized spacial score (nSPS) is 12.4. The van der Waals surface area contributed by atoms with Crippen LogP contribution in [0.25, 0.3) is 21.9 Å². The maximum Gasteiger partial charge on any atom is 0.237 e. The number of benzene rings is 2. The predicted molar refractivity (Wildman–Crippen MR) is 129 cm³/mol. The molecular formula is C26H27N5O2. The van der Waals surface area contributed by atoms with Crippen molar-refractivity contribution in [3.05, 3.63) is 90.8 Å². The molecule has 3 heterocycles. The van der Waals surface area contributed by atoms with E-state index in [0.717, 1.165) is 46.2 Å². The molecule has 168 valence electrons. The number of imidazole rings is 1. The number of aryl methyl sites for hydroxylation is 1. The molecule has 1 amide bonds. The van der Waals surface area contributed by atoms with E-state index >= 15 is 0 Å². The molecule has 33 heavy (non-hydrogen) atoms. The van der Waals surface area contributed by atoms with Gasteiger partial charge in [0.2, 0.25) is 5.91 Å². The molecule has 0 aliphatic carbocycles. The number of carbonyl (C=O) groups is 1. The first-order valence-electron chi connectivity index (χ1n) is 11.3. The molecule has 0 saturated heterocycles. The standard InChI is InChI=1S/C26H27N5O2/c32-26(28-10-5-12-31-13-11-27-18-31)24(15-20-16-29-23-8-3-2-7-22(20)23)30-17-21-14-19-6-1-4-9-25(19)33-21/h1-4,6-9,11,13-14,16,18,24,29-30H,5,10,12,15,17H2,(H,28,32). The smallest absolute Gasteiger partial charge is 0.237 e. The van der Waals surface area contributed by atoms with Gasteiger partial charge in [0.15, 0.2) is 0 Å². The Morgan fingerprint density at radius 2 is 2.03 bits per heavy atom. The maximum atomic E-state index is 13.1. The van der Waals surface area contributed by atoms with Crippen LogP contribution in [0.15, 0.2) is 83.9 Å². The second-order valence-electron chi connectivity index (χ2n) is 8.19. The van der Waals surface area contributed by atoms with E-state index in [9.17, 15) is 4.79 Å². The summed E-state index contributed by atoms with van der Waals surface area (Å²) in [6, 6.07) is 17.7. The molecule has 1 atom stereocenters. The van der Waals surface area contributed by atoms with Gasteiger partial charge in [-0.25, -0.2) is 4.98 Å². The van der Waals surface area contributed by atoms with Gasteiger partial charge < -0.3 is 19.3 Å². The molecule has 7 nitrogen and oxygen atoms in total. The van der Waals surface area contributed by atoms with Crippen molar-refractivity contribution < 1.29 is 9.21 Å². The SMILES string of the molecule is O=C(NCCCn1ccnc1)C(Cc1c[nH]c2ccccc12)NCc1cc2ccccc2o1. The number of H-pyrrole nitrogens is 1. The van der Waals surface area contributed by atoms with Crippen molar-refractivity contribution in [1.29, 1.82) is 0 Å². The van der Waals surface area contributed by atoms with Crippen LogP contribution in [-0.2, 0) is 24.3 Å². The van der Waals surface area contributed by atoms with Gasteiger partial charge in [-0.3, -0.25) is 10.1 Å². The van der Waals surface area contributed by atoms with Gasteiger partial charge in [0.1, 0.15) is 11.3 Å². The van der Waals surface area contributed by atoms with Crippen LogP contribution < -0.4 is 10.6 Å². The van der Waals surface area contributed by atoms with Gasteiger partial charge in [0.25, 0.3) is 0 Å². The van der Waals surface area contributed by atoms with E-state index < -0.39 is 0 Å². The molecule has 0 aliphatic rings. The molecular weight excluding hydrogens is 414 g/mol. The van der Waals surface area contributed by atoms with Crippen molar-refractivity contribution in [3.8, 4) is 0 Å². The monoisotopic (exact) mass is 441 g/mol. The summed E-state index contributed by atoms with van der Waals surface area (Å²) in [7, 11) is 0. The number of fused-ring (bicyclic) bond motifs is 2. The van der Waals surface area contributed by atoms with Crippen molar-refractivity contribution in [2.45, 2.75) is 32.0 Å². The Morgan fingerprint density at radius 3 is 2.91 bits per heavy atom. The molecule has 3 aromatic heterocycles. The third-order valence-corrected chi connectivity index (χ3v) is 5.87. The van der Waals surface area contributed by atoms with Crippen LogP contribution in [0.5, 0.6) is 0 Å². The largest absolute Gasteiger partial charge is 0.460 e. The summed E-state index contributed by atoms with van der Waals surface area (Å²) in [6.45, 7) is 1.90. The number of nitrogens with one attached hydrogen (secondary N) is 3. The van der Waals surface area contributed by atoms with Crippen LogP contribution in [0, 0.1) is 0 Å². The van der Waals surface area contributed by atoms with E-state index in [2.05, 4.69) is 26.7 Å². The zero-order valence-electron chi connectivity index (χ0n) is 18.3. The summed E-state index contributed by atoms with van der Waals surface area (Å²) in [4.78, 5) is 20.5. The van der Waals surface area contributed by atoms with Gasteiger partial charge >= 0.3 is 0 Å². The quantitative estimate of drug-likeness (QED) is 0.286. The Morgan fingerprint density at radius 1 is 1.15 bits per heavy atom. The lowest BCUT2D eigenvalue weighted by molar-refractivity contribution is -0.123. The Bertz CT molecular complexity index is 1300. The zero-order chi connectivity index (χ0) is 22.5. The number of rotatable bonds is 10. The average Bonchev–Trinajstić information content (AvgIpc) is 3.59. The number of amides is 1. The fraction of sp³-hybridized carbons (Fsp3) is 0.231. The maximum absolute atomic E-state index is 13.1. The minimum atomic E-state index is -0.384. The number of hydrogen-bond donors (Lipinski definition) is 3. The molecule has 5 rings (SSSR count). The lowest BCUT2D eigenvalue weighted by Gasteiger charge is -2.18. The highest BCUT2D eigenvalue weighted by Crippen LogP contribution is 2.21. The van der Waals surface area contributed by atoms with Gasteiger partial charge in [0, 0.05) is 48.0 Å². The number of furan rings is 1. The van der Waals surface area contributed by atoms with Crippen molar-refractivity contribution in [2.75, 3.05) is 6.54 Å². The molecule has 2 aromatic carbocycles. The fourth-order valence-electron chi connectivity index (χ4n) is 4.14. The summed E-state index contributed by atoms with van der Waals surface area (Å²) in [5.74, 6) is 0.801. The second kappa shape index (κ2) is 9.75. The van der Waals surface area contributed by atoms with Gasteiger partial charge in [-0.15, -0.1) is 0 Å². The topological polar surface area (TPSA) is 87.9 Å². The first-order valence-corrected chi connectivity index (χ1v) is 11.3. The van der Waals surface area contributed by atoms with Gasteiger partial charge in [0.05, 0.1) is 18.9 Å². The van der Waals surface area contributed by atoms with E-state index in [1.165, 1.54) is 0 Å². The lowest BCUT2D eigenvalue weighted by Crippen LogP contribution is -2.45. The molecule has 7 heteroatoms. The first-order chi connectivity index (χ1) is 16.3. The minimum absolute atomic E-state index is 0.0120. The van der Waals surface area contributed by atoms with Gasteiger partial charge in [-0.05, 0) is 36.6 Å². The molecule has 0 saturated carbocycles. The van der Waals surface area contributed by atoms with E-state index in [1.807, 2.05) is 65.5 Å². The molecule has 0 radical (unpaired) electrons. The summed E-state index contributed by atoms with van der Waals surface area (Å²) >= 11 is 0. The summed E-state index contributed by atoms with van der Waals surface area (Å²) in [5, 5.41) is 8.71. The molecule has 0 bridgehead atoms. The molecule has 0 fully saturated rings. The van der Waals surface area contributed by atoms with Crippen molar-refractivity contribution in [1.82, 2.24) is 25.2 Å². The Labute approximate surface area is 191 Å². The van der Waals surface area contributed by atoms with Crippen molar-refractivity contribution >= 4 is 27.8 Å². The van der Waals surface area contributed by atoms with E-state index in [0.29, 0.717) is 19.5 Å². The fourth-order valence-corrected chi connectivity index (χ4v) is 4.14. The zero-order valence-corrected chi connectivity index (χ0v) is 18.3. The molecule has 5 aromatic rings. The van der Waals surface area contributed by atoms with E-state index in [1.54, 1.807) is 12.5 Å². The van der Waals surface area contributed by atoms with Crippen LogP contribution in [0.2, 0.25) is 0 Å². The Kier molecular flexibility index (Phi) is 6.21. The second-order valence-corrected chi connectivity index (χ2v) is 8.19. The lowest BCUT2D eigenvalue weighted by atomic mass is 10.0. The molecule has 3 N–H and O–H groups in total. The Hall–Kier alpha value is -3.84. The highest BCUT2D eigenvalue weighted by molar-refractivity contribution is 5.86. The van der Waals surface area contributed by atoms with Crippen LogP contribution in [0.3, 0.4) is 0 Å². The highest BCUT2D eigenvalue weighted by Gasteiger charge is 2.20. The summed E-state index contributed by atoms with van der Waals surface area (Å²) in [6.07, 6.45) is 8.89. The predicted octanol–water partition coefficient (Wildman–Crippen LogP) is 4.02. The van der Waals surface area contributed by atoms with Crippen LogP contribution in [0.1, 0.15) is 17.7 Å². The van der Waals surface area contributed by atoms with Crippen LogP contribution in [0.4, 0.5) is 0 Å². The van der Waals surface area contributed by atoms with Gasteiger partial charge in [-0.1, -0.05) is 36.4 Å². The minimum Gasteiger partial charge on any atom is -0.460 e. The molecule has 0 aliphatic heterocycles. The summed E-state index contributed by atoms with van der Waals surface area (Å²) < 4.78 is 7.94. The molecule has 1 unspecified atom stereocenters. The highest BCUT2D eigenvalue weighted by atomic mass is 16.3. The number of para-hydroxylation sites is 2. The van der Waals surface area contributed by atoms with E-state index in [-0.39, 0.29) is 11.9 Å². The van der Waals surface area contributed by atoms with Gasteiger partial charge in [-0.2, -0.15) is 0 Å². The number of hydrogen-bond acceptors (Lipinski definition) is 4. The molecule has 0 spiro atoms. The van der Waals surface area contributed by atoms with Crippen molar-refractivity contribution in [3.63, 3.8) is 0 Å². The number of aromatic nitrogens is 3. The van der Waals surface area contributed by atoms with E-state index in [4.69, 9.17) is 4.42 Å². The van der Waals surface area contributed by atoms with Crippen molar-refractivity contribution in [2.24, 2.45) is 0 Å².